The molecule has 0 spiro atoms. The van der Waals surface area contributed by atoms with Gasteiger partial charge in [0.05, 0.1) is 6.61 Å². The van der Waals surface area contributed by atoms with Crippen molar-refractivity contribution in [1.82, 2.24) is 0 Å². The number of methoxy groups -OCH3 is 1. The highest BCUT2D eigenvalue weighted by Crippen LogP contribution is 1.81. The van der Waals surface area contributed by atoms with E-state index in [1.165, 1.54) is 0 Å². The molecule has 0 heterocycles. The van der Waals surface area contributed by atoms with Gasteiger partial charge in [0.2, 0.25) is 0 Å². The van der Waals surface area contributed by atoms with Crippen LogP contribution in [0.15, 0.2) is 12.2 Å². The molecular formula is C6H12O2. The van der Waals surface area contributed by atoms with E-state index < -0.39 is 0 Å². The van der Waals surface area contributed by atoms with Crippen molar-refractivity contribution in [2.24, 2.45) is 0 Å². The Balaban J connectivity index is 2.80. The molecule has 0 aliphatic rings. The molecule has 0 atom stereocenters. The van der Waals surface area contributed by atoms with Gasteiger partial charge in [-0.1, -0.05) is 12.2 Å². The van der Waals surface area contributed by atoms with Crippen molar-refractivity contribution in [3.05, 3.63) is 12.2 Å². The first kappa shape index (κ1) is 7.66. The maximum Gasteiger partial charge on any atom is 0.0612 e. The molecular weight excluding hydrogens is 104 g/mol. The van der Waals surface area contributed by atoms with Crippen LogP contribution in [-0.4, -0.2) is 25.4 Å². The van der Waals surface area contributed by atoms with Crippen molar-refractivity contribution in [3.63, 3.8) is 0 Å². The van der Waals surface area contributed by atoms with E-state index in [1.807, 2.05) is 6.08 Å². The van der Waals surface area contributed by atoms with E-state index in [2.05, 4.69) is 0 Å². The minimum atomic E-state index is 0.129. The molecule has 0 rings (SSSR count). The number of hydrogen-bond donors (Lipinski definition) is 1. The van der Waals surface area contributed by atoms with Gasteiger partial charge in [0.15, 0.2) is 0 Å². The summed E-state index contributed by atoms with van der Waals surface area (Å²) in [6.07, 6.45) is 4.49. The van der Waals surface area contributed by atoms with Crippen LogP contribution in [0.4, 0.5) is 0 Å². The van der Waals surface area contributed by atoms with E-state index in [4.69, 9.17) is 9.84 Å². The highest BCUT2D eigenvalue weighted by Gasteiger charge is 1.74. The zero-order valence-corrected chi connectivity index (χ0v) is 5.13. The summed E-state index contributed by atoms with van der Waals surface area (Å²) >= 11 is 0. The second-order valence-corrected chi connectivity index (χ2v) is 1.44. The lowest BCUT2D eigenvalue weighted by atomic mass is 10.4. The zero-order valence-electron chi connectivity index (χ0n) is 5.13. The molecule has 0 radical (unpaired) electrons. The van der Waals surface area contributed by atoms with E-state index in [9.17, 15) is 0 Å². The highest BCUT2D eigenvalue weighted by atomic mass is 16.5. The van der Waals surface area contributed by atoms with Gasteiger partial charge < -0.3 is 9.84 Å². The molecule has 2 heteroatoms. The summed E-state index contributed by atoms with van der Waals surface area (Å²) in [6, 6.07) is 0. The maximum atomic E-state index is 8.24. The van der Waals surface area contributed by atoms with Gasteiger partial charge in [0.1, 0.15) is 0 Å². The van der Waals surface area contributed by atoms with Gasteiger partial charge >= 0.3 is 0 Å². The third kappa shape index (κ3) is 5.66. The Labute approximate surface area is 49.8 Å². The van der Waals surface area contributed by atoms with Gasteiger partial charge in [-0.2, -0.15) is 0 Å². The zero-order chi connectivity index (χ0) is 6.24. The van der Waals surface area contributed by atoms with Gasteiger partial charge in [0, 0.05) is 13.7 Å². The predicted octanol–water partition coefficient (Wildman–Crippen LogP) is 0.571. The Kier molecular flexibility index (Phi) is 6.38. The first-order chi connectivity index (χ1) is 3.91. The lowest BCUT2D eigenvalue weighted by Crippen LogP contribution is -1.84. The summed E-state index contributed by atoms with van der Waals surface area (Å²) < 4.78 is 4.76. The number of rotatable bonds is 4. The van der Waals surface area contributed by atoms with E-state index in [0.29, 0.717) is 0 Å². The molecule has 0 amide bonds. The van der Waals surface area contributed by atoms with Crippen LogP contribution < -0.4 is 0 Å². The molecule has 0 saturated heterocycles. The van der Waals surface area contributed by atoms with Crippen molar-refractivity contribution in [2.75, 3.05) is 20.3 Å². The Morgan fingerprint density at radius 1 is 1.50 bits per heavy atom. The Bertz CT molecular complexity index is 59.5. The minimum absolute atomic E-state index is 0.129. The van der Waals surface area contributed by atoms with Crippen LogP contribution >= 0.6 is 0 Å². The van der Waals surface area contributed by atoms with Gasteiger partial charge in [-0.25, -0.2) is 0 Å². The minimum Gasteiger partial charge on any atom is -0.392 e. The van der Waals surface area contributed by atoms with Gasteiger partial charge in [-0.05, 0) is 6.42 Å². The largest absolute Gasteiger partial charge is 0.392 e. The molecule has 48 valence electrons. The fourth-order valence-electron chi connectivity index (χ4n) is 0.378. The Hall–Kier alpha value is -0.340. The predicted molar refractivity (Wildman–Crippen MR) is 32.7 cm³/mol. The van der Waals surface area contributed by atoms with Crippen LogP contribution in [0.25, 0.3) is 0 Å². The Morgan fingerprint density at radius 3 is 2.75 bits per heavy atom. The third-order valence-corrected chi connectivity index (χ3v) is 0.761. The van der Waals surface area contributed by atoms with Gasteiger partial charge in [0.25, 0.3) is 0 Å². The maximum absolute atomic E-state index is 8.24. The molecule has 0 aromatic heterocycles. The number of aliphatic hydroxyl groups is 1. The average molecular weight is 116 g/mol. The molecule has 0 aliphatic carbocycles. The summed E-state index contributed by atoms with van der Waals surface area (Å²) in [5.41, 5.74) is 0. The van der Waals surface area contributed by atoms with Crippen molar-refractivity contribution >= 4 is 0 Å². The van der Waals surface area contributed by atoms with Crippen LogP contribution in [0, 0.1) is 0 Å². The average Bonchev–Trinajstić information content (AvgIpc) is 1.81. The van der Waals surface area contributed by atoms with Crippen molar-refractivity contribution in [2.45, 2.75) is 6.42 Å². The smallest absolute Gasteiger partial charge is 0.0612 e. The van der Waals surface area contributed by atoms with Crippen molar-refractivity contribution < 1.29 is 9.84 Å². The van der Waals surface area contributed by atoms with Crippen LogP contribution in [0.5, 0.6) is 0 Å². The van der Waals surface area contributed by atoms with E-state index >= 15 is 0 Å². The number of hydrogen-bond acceptors (Lipinski definition) is 2. The van der Waals surface area contributed by atoms with Gasteiger partial charge in [-0.3, -0.25) is 0 Å². The summed E-state index contributed by atoms with van der Waals surface area (Å²) in [5.74, 6) is 0. The fourth-order valence-corrected chi connectivity index (χ4v) is 0.378. The van der Waals surface area contributed by atoms with Crippen molar-refractivity contribution in [3.8, 4) is 0 Å². The topological polar surface area (TPSA) is 29.5 Å². The van der Waals surface area contributed by atoms with Crippen LogP contribution in [0.2, 0.25) is 0 Å². The Morgan fingerprint density at radius 2 is 2.25 bits per heavy atom. The van der Waals surface area contributed by atoms with Crippen LogP contribution in [-0.2, 0) is 4.74 Å². The normalized spacial score (nSPS) is 10.8. The summed E-state index contributed by atoms with van der Waals surface area (Å²) in [4.78, 5) is 0. The molecule has 1 N–H and O–H groups in total. The first-order valence-corrected chi connectivity index (χ1v) is 2.66. The lowest BCUT2D eigenvalue weighted by molar-refractivity contribution is 0.204. The monoisotopic (exact) mass is 116 g/mol. The summed E-state index contributed by atoms with van der Waals surface area (Å²) in [5, 5.41) is 8.24. The third-order valence-electron chi connectivity index (χ3n) is 0.761. The quantitative estimate of drug-likeness (QED) is 0.430. The molecule has 0 saturated carbocycles. The standard InChI is InChI=1S/C6H12O2/c1-8-6-4-2-3-5-7/h2-3,7H,4-6H2,1H3/b3-2+. The van der Waals surface area contributed by atoms with Crippen molar-refractivity contribution in [1.29, 1.82) is 0 Å². The van der Waals surface area contributed by atoms with Crippen LogP contribution in [0.3, 0.4) is 0 Å². The molecule has 0 aromatic carbocycles. The molecule has 0 aliphatic heterocycles. The van der Waals surface area contributed by atoms with Gasteiger partial charge in [-0.15, -0.1) is 0 Å². The van der Waals surface area contributed by atoms with E-state index in [1.54, 1.807) is 13.2 Å². The van der Waals surface area contributed by atoms with E-state index in [0.717, 1.165) is 13.0 Å². The SMILES string of the molecule is COCC/C=C/CO. The number of ether oxygens (including phenoxy) is 1. The second-order valence-electron chi connectivity index (χ2n) is 1.44. The highest BCUT2D eigenvalue weighted by molar-refractivity contribution is 4.79. The molecule has 0 bridgehead atoms. The summed E-state index contributed by atoms with van der Waals surface area (Å²) in [6.45, 7) is 0.861. The first-order valence-electron chi connectivity index (χ1n) is 2.66. The molecule has 0 unspecified atom stereocenters. The fraction of sp³-hybridized carbons (Fsp3) is 0.667. The molecule has 0 aromatic rings. The second kappa shape index (κ2) is 6.66. The molecule has 8 heavy (non-hydrogen) atoms. The summed E-state index contributed by atoms with van der Waals surface area (Å²) in [7, 11) is 1.66. The van der Waals surface area contributed by atoms with E-state index in [-0.39, 0.29) is 6.61 Å². The lowest BCUT2D eigenvalue weighted by Gasteiger charge is -1.88. The molecule has 2 nitrogen and oxygen atoms in total. The number of aliphatic hydroxyl groups excluding tert-OH is 1. The van der Waals surface area contributed by atoms with Crippen LogP contribution in [0.1, 0.15) is 6.42 Å². The molecule has 0 fully saturated rings.